The molecule has 0 bridgehead atoms. The first kappa shape index (κ1) is 14.8. The normalized spacial score (nSPS) is 29.1. The maximum Gasteiger partial charge on any atom is 0.326 e. The molecule has 2 unspecified atom stereocenters. The van der Waals surface area contributed by atoms with Gasteiger partial charge in [-0.05, 0) is 26.2 Å². The van der Waals surface area contributed by atoms with Gasteiger partial charge < -0.3 is 20.5 Å². The van der Waals surface area contributed by atoms with E-state index in [0.717, 1.165) is 6.42 Å². The maximum absolute atomic E-state index is 11.8. The van der Waals surface area contributed by atoms with Gasteiger partial charge in [-0.2, -0.15) is 0 Å². The van der Waals surface area contributed by atoms with Gasteiger partial charge in [0.2, 0.25) is 0 Å². The van der Waals surface area contributed by atoms with Crippen molar-refractivity contribution in [1.82, 2.24) is 10.6 Å². The van der Waals surface area contributed by atoms with E-state index >= 15 is 0 Å². The molecule has 6 heteroatoms. The minimum absolute atomic E-state index is 0.0782. The van der Waals surface area contributed by atoms with Crippen LogP contribution in [0.15, 0.2) is 0 Å². The maximum atomic E-state index is 11.8. The Bertz CT molecular complexity index is 332. The number of aliphatic carboxylic acids is 1. The lowest BCUT2D eigenvalue weighted by Crippen LogP contribution is -2.57. The smallest absolute Gasteiger partial charge is 0.326 e. The van der Waals surface area contributed by atoms with Crippen molar-refractivity contribution in [1.29, 1.82) is 0 Å². The van der Waals surface area contributed by atoms with Crippen molar-refractivity contribution < 1.29 is 19.4 Å². The summed E-state index contributed by atoms with van der Waals surface area (Å²) in [5.74, 6) is -1.20. The van der Waals surface area contributed by atoms with Gasteiger partial charge >= 0.3 is 12.0 Å². The van der Waals surface area contributed by atoms with Crippen LogP contribution in [0.3, 0.4) is 0 Å². The third kappa shape index (κ3) is 3.35. The van der Waals surface area contributed by atoms with Gasteiger partial charge in [0.15, 0.2) is 0 Å². The highest BCUT2D eigenvalue weighted by atomic mass is 16.5. The molecule has 18 heavy (non-hydrogen) atoms. The topological polar surface area (TPSA) is 87.7 Å². The number of rotatable bonds is 4. The van der Waals surface area contributed by atoms with Crippen LogP contribution in [0.1, 0.15) is 34.1 Å². The molecule has 0 radical (unpaired) electrons. The van der Waals surface area contributed by atoms with E-state index in [9.17, 15) is 9.59 Å². The van der Waals surface area contributed by atoms with Crippen molar-refractivity contribution in [3.05, 3.63) is 0 Å². The highest BCUT2D eigenvalue weighted by molar-refractivity contribution is 5.83. The molecule has 1 aliphatic heterocycles. The van der Waals surface area contributed by atoms with E-state index in [1.54, 1.807) is 13.8 Å². The highest BCUT2D eigenvalue weighted by Gasteiger charge is 2.39. The molecule has 1 rings (SSSR count). The monoisotopic (exact) mass is 258 g/mol. The predicted molar refractivity (Wildman–Crippen MR) is 66.4 cm³/mol. The molecule has 1 saturated heterocycles. The summed E-state index contributed by atoms with van der Waals surface area (Å²) >= 11 is 0. The Labute approximate surface area is 107 Å². The number of carbonyl (C=O) groups is 2. The minimum Gasteiger partial charge on any atom is -0.480 e. The first-order chi connectivity index (χ1) is 8.26. The Morgan fingerprint density at radius 3 is 2.44 bits per heavy atom. The van der Waals surface area contributed by atoms with Crippen molar-refractivity contribution in [3.8, 4) is 0 Å². The molecule has 104 valence electrons. The fraction of sp³-hybridized carbons (Fsp3) is 0.833. The fourth-order valence-electron chi connectivity index (χ4n) is 1.95. The average Bonchev–Trinajstić information content (AvgIpc) is 2.54. The van der Waals surface area contributed by atoms with E-state index < -0.39 is 23.6 Å². The van der Waals surface area contributed by atoms with Gasteiger partial charge in [-0.25, -0.2) is 9.59 Å². The SMILES string of the molecule is CC(C)[C@H](NC(=O)NC1(C)CCOC1C)C(=O)O. The second kappa shape index (κ2) is 5.56. The standard InChI is InChI=1S/C12H22N2O4/c1-7(2)9(10(15)16)13-11(17)14-12(4)5-6-18-8(12)3/h7-9H,5-6H2,1-4H3,(H,15,16)(H2,13,14,17)/t8?,9-,12?/m0/s1. The van der Waals surface area contributed by atoms with E-state index in [2.05, 4.69) is 10.6 Å². The summed E-state index contributed by atoms with van der Waals surface area (Å²) in [5.41, 5.74) is -0.440. The number of urea groups is 1. The summed E-state index contributed by atoms with van der Waals surface area (Å²) in [6, 6.07) is -1.35. The molecule has 0 spiro atoms. The van der Waals surface area contributed by atoms with Gasteiger partial charge in [0, 0.05) is 6.61 Å². The van der Waals surface area contributed by atoms with Gasteiger partial charge in [-0.1, -0.05) is 13.8 Å². The van der Waals surface area contributed by atoms with Crippen molar-refractivity contribution in [2.24, 2.45) is 5.92 Å². The molecule has 0 aliphatic carbocycles. The summed E-state index contributed by atoms with van der Waals surface area (Å²) in [7, 11) is 0. The second-order valence-electron chi connectivity index (χ2n) is 5.34. The second-order valence-corrected chi connectivity index (χ2v) is 5.34. The van der Waals surface area contributed by atoms with Crippen molar-refractivity contribution in [2.45, 2.75) is 51.8 Å². The average molecular weight is 258 g/mol. The van der Waals surface area contributed by atoms with E-state index in [1.165, 1.54) is 0 Å². The van der Waals surface area contributed by atoms with Crippen LogP contribution >= 0.6 is 0 Å². The molecule has 3 N–H and O–H groups in total. The number of ether oxygens (including phenoxy) is 1. The highest BCUT2D eigenvalue weighted by Crippen LogP contribution is 2.24. The van der Waals surface area contributed by atoms with E-state index in [-0.39, 0.29) is 12.0 Å². The lowest BCUT2D eigenvalue weighted by molar-refractivity contribution is -0.140. The number of carbonyl (C=O) groups excluding carboxylic acids is 1. The molecule has 0 aromatic rings. The van der Waals surface area contributed by atoms with Gasteiger partial charge in [-0.3, -0.25) is 0 Å². The van der Waals surface area contributed by atoms with Crippen molar-refractivity contribution in [2.75, 3.05) is 6.61 Å². The molecule has 1 fully saturated rings. The molecule has 1 aliphatic rings. The van der Waals surface area contributed by atoms with Crippen molar-refractivity contribution >= 4 is 12.0 Å². The summed E-state index contributed by atoms with van der Waals surface area (Å²) in [5, 5.41) is 14.3. The lowest BCUT2D eigenvalue weighted by atomic mass is 9.95. The zero-order valence-corrected chi connectivity index (χ0v) is 11.3. The number of carboxylic acids is 1. The van der Waals surface area contributed by atoms with Crippen LogP contribution in [0.5, 0.6) is 0 Å². The Balaban J connectivity index is 2.58. The molecule has 0 aromatic carbocycles. The summed E-state index contributed by atoms with van der Waals surface area (Å²) < 4.78 is 5.41. The number of hydrogen-bond donors (Lipinski definition) is 3. The number of hydrogen-bond acceptors (Lipinski definition) is 3. The molecule has 0 saturated carbocycles. The quantitative estimate of drug-likeness (QED) is 0.701. The van der Waals surface area contributed by atoms with Gasteiger partial charge in [0.25, 0.3) is 0 Å². The Morgan fingerprint density at radius 2 is 2.06 bits per heavy atom. The summed E-state index contributed by atoms with van der Waals surface area (Å²) in [4.78, 5) is 22.8. The molecular weight excluding hydrogens is 236 g/mol. The number of nitrogens with one attached hydrogen (secondary N) is 2. The third-order valence-electron chi connectivity index (χ3n) is 3.50. The third-order valence-corrected chi connectivity index (χ3v) is 3.50. The van der Waals surface area contributed by atoms with Crippen LogP contribution in [0.2, 0.25) is 0 Å². The van der Waals surface area contributed by atoms with Crippen LogP contribution in [0, 0.1) is 5.92 Å². The Hall–Kier alpha value is -1.30. The largest absolute Gasteiger partial charge is 0.480 e. The van der Waals surface area contributed by atoms with E-state index in [1.807, 2.05) is 13.8 Å². The van der Waals surface area contributed by atoms with Gasteiger partial charge in [0.1, 0.15) is 6.04 Å². The number of carboxylic acid groups (broad SMARTS) is 1. The Kier molecular flexibility index (Phi) is 4.56. The zero-order valence-electron chi connectivity index (χ0n) is 11.3. The van der Waals surface area contributed by atoms with E-state index in [4.69, 9.17) is 9.84 Å². The molecule has 3 atom stereocenters. The van der Waals surface area contributed by atoms with Gasteiger partial charge in [-0.15, -0.1) is 0 Å². The van der Waals surface area contributed by atoms with Crippen LogP contribution < -0.4 is 10.6 Å². The molecular formula is C12H22N2O4. The fourth-order valence-corrected chi connectivity index (χ4v) is 1.95. The molecule has 6 nitrogen and oxygen atoms in total. The summed E-state index contributed by atoms with van der Waals surface area (Å²) in [6.45, 7) is 7.90. The number of amides is 2. The first-order valence-corrected chi connectivity index (χ1v) is 6.19. The van der Waals surface area contributed by atoms with Crippen LogP contribution in [-0.4, -0.2) is 41.4 Å². The molecule has 0 aromatic heterocycles. The van der Waals surface area contributed by atoms with Gasteiger partial charge in [0.05, 0.1) is 11.6 Å². The van der Waals surface area contributed by atoms with E-state index in [0.29, 0.717) is 6.61 Å². The zero-order chi connectivity index (χ0) is 13.9. The van der Waals surface area contributed by atoms with Crippen LogP contribution in [0.25, 0.3) is 0 Å². The molecule has 2 amide bonds. The molecule has 1 heterocycles. The summed E-state index contributed by atoms with van der Waals surface area (Å²) in [6.07, 6.45) is 0.645. The first-order valence-electron chi connectivity index (χ1n) is 6.19. The predicted octanol–water partition coefficient (Wildman–Crippen LogP) is 0.962. The van der Waals surface area contributed by atoms with Crippen molar-refractivity contribution in [3.63, 3.8) is 0 Å². The Morgan fingerprint density at radius 1 is 1.44 bits per heavy atom. The van der Waals surface area contributed by atoms with Crippen LogP contribution in [0.4, 0.5) is 4.79 Å². The lowest BCUT2D eigenvalue weighted by Gasteiger charge is -2.30. The van der Waals surface area contributed by atoms with Crippen LogP contribution in [-0.2, 0) is 9.53 Å². The minimum atomic E-state index is -1.03.